The zero-order valence-electron chi connectivity index (χ0n) is 27.2. The standard InChI is InChI=1S/C40H40N2O4/c1-39(2,3)29-11-19-33(20-12-29)42(34-21-13-30(14-22-34)40(4,5)6)36-25-23-35(24-26-36)41(31-15-7-27(8-16-31)37(43)44)32-17-9-28(10-18-32)38(45)46/h7-26H,1-6H3,(H,43,44)(H,45,46). The fourth-order valence-corrected chi connectivity index (χ4v) is 5.37. The van der Waals surface area contributed by atoms with Crippen molar-refractivity contribution in [2.45, 2.75) is 52.4 Å². The summed E-state index contributed by atoms with van der Waals surface area (Å²) < 4.78 is 0. The summed E-state index contributed by atoms with van der Waals surface area (Å²) in [7, 11) is 0. The number of rotatable bonds is 8. The number of hydrogen-bond acceptors (Lipinski definition) is 4. The van der Waals surface area contributed by atoms with Gasteiger partial charge in [0.2, 0.25) is 0 Å². The van der Waals surface area contributed by atoms with Crippen molar-refractivity contribution in [1.82, 2.24) is 0 Å². The molecule has 0 spiro atoms. The molecule has 0 atom stereocenters. The number of anilines is 6. The first-order valence-corrected chi connectivity index (χ1v) is 15.3. The summed E-state index contributed by atoms with van der Waals surface area (Å²) in [6, 6.07) is 38.8. The van der Waals surface area contributed by atoms with Gasteiger partial charge in [-0.1, -0.05) is 65.8 Å². The summed E-state index contributed by atoms with van der Waals surface area (Å²) in [5, 5.41) is 18.9. The highest BCUT2D eigenvalue weighted by atomic mass is 16.4. The highest BCUT2D eigenvalue weighted by Gasteiger charge is 2.20. The highest BCUT2D eigenvalue weighted by molar-refractivity contribution is 5.90. The molecule has 0 fully saturated rings. The fourth-order valence-electron chi connectivity index (χ4n) is 5.37. The molecule has 0 aliphatic carbocycles. The van der Waals surface area contributed by atoms with E-state index in [4.69, 9.17) is 0 Å². The molecule has 0 aromatic heterocycles. The van der Waals surface area contributed by atoms with Crippen LogP contribution in [0.25, 0.3) is 0 Å². The number of carboxylic acid groups (broad SMARTS) is 2. The van der Waals surface area contributed by atoms with Crippen molar-refractivity contribution >= 4 is 46.1 Å². The van der Waals surface area contributed by atoms with Gasteiger partial charge in [-0.15, -0.1) is 0 Å². The Kier molecular flexibility index (Phi) is 8.75. The van der Waals surface area contributed by atoms with E-state index in [0.29, 0.717) is 0 Å². The van der Waals surface area contributed by atoms with E-state index in [1.54, 1.807) is 48.5 Å². The van der Waals surface area contributed by atoms with Gasteiger partial charge in [0, 0.05) is 34.1 Å². The lowest BCUT2D eigenvalue weighted by molar-refractivity contribution is 0.0686. The van der Waals surface area contributed by atoms with Crippen LogP contribution in [-0.2, 0) is 10.8 Å². The van der Waals surface area contributed by atoms with Crippen LogP contribution >= 0.6 is 0 Å². The van der Waals surface area contributed by atoms with Gasteiger partial charge in [-0.3, -0.25) is 0 Å². The largest absolute Gasteiger partial charge is 0.478 e. The van der Waals surface area contributed by atoms with E-state index in [0.717, 1.165) is 34.1 Å². The second-order valence-corrected chi connectivity index (χ2v) is 13.5. The lowest BCUT2D eigenvalue weighted by Crippen LogP contribution is -2.15. The monoisotopic (exact) mass is 612 g/mol. The van der Waals surface area contributed by atoms with E-state index >= 15 is 0 Å². The van der Waals surface area contributed by atoms with Gasteiger partial charge in [-0.05, 0) is 119 Å². The molecule has 5 rings (SSSR count). The molecule has 0 radical (unpaired) electrons. The molecule has 0 amide bonds. The molecular weight excluding hydrogens is 572 g/mol. The Morgan fingerprint density at radius 2 is 0.587 bits per heavy atom. The van der Waals surface area contributed by atoms with Crippen molar-refractivity contribution in [2.75, 3.05) is 9.80 Å². The summed E-state index contributed by atoms with van der Waals surface area (Å²) in [4.78, 5) is 27.2. The lowest BCUT2D eigenvalue weighted by Gasteiger charge is -2.29. The molecule has 6 nitrogen and oxygen atoms in total. The maximum absolute atomic E-state index is 11.5. The van der Waals surface area contributed by atoms with Crippen molar-refractivity contribution in [1.29, 1.82) is 0 Å². The van der Waals surface area contributed by atoms with Crippen LogP contribution in [0.4, 0.5) is 34.1 Å². The van der Waals surface area contributed by atoms with E-state index < -0.39 is 11.9 Å². The topological polar surface area (TPSA) is 81.1 Å². The van der Waals surface area contributed by atoms with Gasteiger partial charge in [0.25, 0.3) is 0 Å². The molecule has 0 saturated heterocycles. The average molecular weight is 613 g/mol. The van der Waals surface area contributed by atoms with Crippen LogP contribution in [0.15, 0.2) is 121 Å². The van der Waals surface area contributed by atoms with E-state index in [1.807, 2.05) is 17.0 Å². The van der Waals surface area contributed by atoms with E-state index in [2.05, 4.69) is 107 Å². The first-order valence-electron chi connectivity index (χ1n) is 15.3. The minimum atomic E-state index is -1.00. The van der Waals surface area contributed by atoms with Gasteiger partial charge in [0.15, 0.2) is 0 Å². The van der Waals surface area contributed by atoms with Crippen LogP contribution < -0.4 is 9.80 Å². The Bertz CT molecular complexity index is 1700. The molecule has 2 N–H and O–H groups in total. The molecule has 0 bridgehead atoms. The Balaban J connectivity index is 1.59. The number of carboxylic acids is 2. The molecule has 0 unspecified atom stereocenters. The Labute approximate surface area is 271 Å². The third-order valence-corrected chi connectivity index (χ3v) is 8.09. The molecule has 46 heavy (non-hydrogen) atoms. The number of benzene rings is 5. The van der Waals surface area contributed by atoms with Gasteiger partial charge in [0.05, 0.1) is 11.1 Å². The minimum Gasteiger partial charge on any atom is -0.478 e. The molecule has 0 saturated carbocycles. The second kappa shape index (κ2) is 12.6. The fraction of sp³-hybridized carbons (Fsp3) is 0.200. The van der Waals surface area contributed by atoms with Crippen LogP contribution in [0.5, 0.6) is 0 Å². The molecular formula is C40H40N2O4. The van der Waals surface area contributed by atoms with Gasteiger partial charge in [0.1, 0.15) is 0 Å². The Morgan fingerprint density at radius 3 is 0.783 bits per heavy atom. The zero-order valence-corrected chi connectivity index (χ0v) is 27.2. The predicted molar refractivity (Wildman–Crippen MR) is 187 cm³/mol. The molecule has 5 aromatic carbocycles. The van der Waals surface area contributed by atoms with Crippen molar-refractivity contribution in [3.8, 4) is 0 Å². The Hall–Kier alpha value is -5.36. The maximum Gasteiger partial charge on any atom is 0.335 e. The molecule has 0 aliphatic heterocycles. The highest BCUT2D eigenvalue weighted by Crippen LogP contribution is 2.40. The van der Waals surface area contributed by atoms with Gasteiger partial charge >= 0.3 is 11.9 Å². The number of carbonyl (C=O) groups is 2. The molecule has 6 heteroatoms. The molecule has 234 valence electrons. The van der Waals surface area contributed by atoms with E-state index in [-0.39, 0.29) is 22.0 Å². The van der Waals surface area contributed by atoms with E-state index in [9.17, 15) is 19.8 Å². The van der Waals surface area contributed by atoms with Gasteiger partial charge < -0.3 is 20.0 Å². The number of nitrogens with zero attached hydrogens (tertiary/aromatic N) is 2. The predicted octanol–water partition coefficient (Wildman–Crippen LogP) is 10.6. The maximum atomic E-state index is 11.5. The van der Waals surface area contributed by atoms with Crippen molar-refractivity contribution < 1.29 is 19.8 Å². The van der Waals surface area contributed by atoms with Crippen LogP contribution in [0.1, 0.15) is 73.4 Å². The first-order chi connectivity index (χ1) is 21.7. The second-order valence-electron chi connectivity index (χ2n) is 13.5. The average Bonchev–Trinajstić information content (AvgIpc) is 3.02. The van der Waals surface area contributed by atoms with Crippen molar-refractivity contribution in [2.24, 2.45) is 0 Å². The summed E-state index contributed by atoms with van der Waals surface area (Å²) in [6.07, 6.45) is 0. The van der Waals surface area contributed by atoms with E-state index in [1.165, 1.54) is 11.1 Å². The summed E-state index contributed by atoms with van der Waals surface area (Å²) in [5.41, 5.74) is 8.32. The lowest BCUT2D eigenvalue weighted by atomic mass is 9.86. The third kappa shape index (κ3) is 6.97. The van der Waals surface area contributed by atoms with Crippen LogP contribution in [0.3, 0.4) is 0 Å². The van der Waals surface area contributed by atoms with Gasteiger partial charge in [-0.2, -0.15) is 0 Å². The molecule has 0 aliphatic rings. The quantitative estimate of drug-likeness (QED) is 0.181. The normalized spacial score (nSPS) is 11.6. The first kappa shape index (κ1) is 32.0. The number of hydrogen-bond donors (Lipinski definition) is 2. The molecule has 0 heterocycles. The number of aromatic carboxylic acids is 2. The van der Waals surface area contributed by atoms with Crippen LogP contribution in [-0.4, -0.2) is 22.2 Å². The SMILES string of the molecule is CC(C)(C)c1ccc(N(c2ccc(N(c3ccc(C(=O)O)cc3)c3ccc(C(=O)O)cc3)cc2)c2ccc(C(C)(C)C)cc2)cc1. The summed E-state index contributed by atoms with van der Waals surface area (Å²) in [5.74, 6) is -2.00. The van der Waals surface area contributed by atoms with Crippen LogP contribution in [0.2, 0.25) is 0 Å². The summed E-state index contributed by atoms with van der Waals surface area (Å²) >= 11 is 0. The van der Waals surface area contributed by atoms with Gasteiger partial charge in [-0.25, -0.2) is 9.59 Å². The van der Waals surface area contributed by atoms with Crippen molar-refractivity contribution in [3.63, 3.8) is 0 Å². The minimum absolute atomic E-state index is 0.0359. The molecule has 5 aromatic rings. The van der Waals surface area contributed by atoms with Crippen molar-refractivity contribution in [3.05, 3.63) is 144 Å². The third-order valence-electron chi connectivity index (χ3n) is 8.09. The Morgan fingerprint density at radius 1 is 0.391 bits per heavy atom. The summed E-state index contributed by atoms with van der Waals surface area (Å²) in [6.45, 7) is 13.2. The van der Waals surface area contributed by atoms with Crippen LogP contribution in [0, 0.1) is 0 Å². The zero-order chi connectivity index (χ0) is 33.2. The smallest absolute Gasteiger partial charge is 0.335 e.